The summed E-state index contributed by atoms with van der Waals surface area (Å²) >= 11 is 3.40. The van der Waals surface area contributed by atoms with Crippen LogP contribution >= 0.6 is 15.9 Å². The van der Waals surface area contributed by atoms with Crippen molar-refractivity contribution in [3.05, 3.63) is 34.3 Å². The van der Waals surface area contributed by atoms with Crippen molar-refractivity contribution in [2.45, 2.75) is 13.0 Å². The molecule has 0 bridgehead atoms. The maximum Gasteiger partial charge on any atom is 0.234 e. The number of carbonyl (C=O) groups excluding carboxylic acids is 1. The van der Waals surface area contributed by atoms with E-state index in [1.807, 2.05) is 31.2 Å². The van der Waals surface area contributed by atoms with E-state index in [1.54, 1.807) is 0 Å². The first-order valence-electron chi connectivity index (χ1n) is 5.32. The Morgan fingerprint density at radius 2 is 2.35 bits per heavy atom. The molecule has 90 valence electrons. The number of nitrogens with one attached hydrogen (secondary N) is 2. The van der Waals surface area contributed by atoms with E-state index in [0.29, 0.717) is 6.54 Å². The molecule has 1 rings (SSSR count). The normalized spacial score (nSPS) is 11.6. The molecule has 1 aromatic carbocycles. The van der Waals surface area contributed by atoms with Crippen LogP contribution in [0.25, 0.3) is 0 Å². The maximum atomic E-state index is 11.5. The van der Waals surface area contributed by atoms with Gasteiger partial charge in [0.25, 0.3) is 0 Å². The Morgan fingerprint density at radius 1 is 1.59 bits per heavy atom. The molecule has 0 aliphatic carbocycles. The molecule has 0 heterocycles. The third-order valence-electron chi connectivity index (χ3n) is 2.24. The van der Waals surface area contributed by atoms with Crippen molar-refractivity contribution in [2.75, 3.05) is 13.1 Å². The summed E-state index contributed by atoms with van der Waals surface area (Å²) in [5, 5.41) is 5.74. The van der Waals surface area contributed by atoms with Crippen molar-refractivity contribution < 1.29 is 4.79 Å². The van der Waals surface area contributed by atoms with Gasteiger partial charge in [-0.2, -0.15) is 0 Å². The van der Waals surface area contributed by atoms with E-state index in [0.717, 1.165) is 10.0 Å². The van der Waals surface area contributed by atoms with Gasteiger partial charge >= 0.3 is 0 Å². The van der Waals surface area contributed by atoms with Gasteiger partial charge in [0.2, 0.25) is 5.91 Å². The zero-order chi connectivity index (χ0) is 12.7. The Hall–Kier alpha value is -1.31. The van der Waals surface area contributed by atoms with Crippen LogP contribution in [0.4, 0.5) is 0 Å². The molecule has 3 nitrogen and oxygen atoms in total. The molecule has 0 aliphatic rings. The number of benzene rings is 1. The number of carbonyl (C=O) groups is 1. The molecule has 1 amide bonds. The van der Waals surface area contributed by atoms with E-state index in [1.165, 1.54) is 0 Å². The Labute approximate surface area is 110 Å². The minimum absolute atomic E-state index is 0.0207. The first kappa shape index (κ1) is 13.8. The largest absolute Gasteiger partial charge is 0.348 e. The van der Waals surface area contributed by atoms with E-state index in [9.17, 15) is 4.79 Å². The molecule has 0 aliphatic heterocycles. The summed E-state index contributed by atoms with van der Waals surface area (Å²) in [5.74, 6) is 2.36. The molecule has 0 saturated carbocycles. The molecule has 0 spiro atoms. The lowest BCUT2D eigenvalue weighted by Gasteiger charge is -2.14. The van der Waals surface area contributed by atoms with E-state index < -0.39 is 0 Å². The summed E-state index contributed by atoms with van der Waals surface area (Å²) in [5.41, 5.74) is 1.06. The van der Waals surface area contributed by atoms with E-state index in [4.69, 9.17) is 6.42 Å². The highest BCUT2D eigenvalue weighted by Crippen LogP contribution is 2.17. The second-order valence-electron chi connectivity index (χ2n) is 3.65. The Balaban J connectivity index is 2.46. The molecule has 0 unspecified atom stereocenters. The third-order valence-corrected chi connectivity index (χ3v) is 2.73. The average Bonchev–Trinajstić information content (AvgIpc) is 2.29. The first-order chi connectivity index (χ1) is 8.13. The van der Waals surface area contributed by atoms with Crippen LogP contribution in [0.5, 0.6) is 0 Å². The quantitative estimate of drug-likeness (QED) is 0.643. The number of rotatable bonds is 5. The molecule has 0 fully saturated rings. The average molecular weight is 295 g/mol. The summed E-state index contributed by atoms with van der Waals surface area (Å²) in [4.78, 5) is 11.5. The van der Waals surface area contributed by atoms with Crippen LogP contribution in [0.15, 0.2) is 28.7 Å². The summed E-state index contributed by atoms with van der Waals surface area (Å²) in [6.45, 7) is 2.59. The van der Waals surface area contributed by atoms with Crippen LogP contribution in [-0.4, -0.2) is 19.0 Å². The smallest absolute Gasteiger partial charge is 0.234 e. The Kier molecular flexibility index (Phi) is 5.75. The number of amides is 1. The minimum Gasteiger partial charge on any atom is -0.348 e. The third kappa shape index (κ3) is 5.03. The molecular formula is C13H15BrN2O. The lowest BCUT2D eigenvalue weighted by Crippen LogP contribution is -2.35. The van der Waals surface area contributed by atoms with Crippen molar-refractivity contribution in [1.29, 1.82) is 0 Å². The molecule has 1 atom stereocenters. The zero-order valence-electron chi connectivity index (χ0n) is 9.66. The van der Waals surface area contributed by atoms with Crippen molar-refractivity contribution >= 4 is 21.8 Å². The second-order valence-corrected chi connectivity index (χ2v) is 4.57. The van der Waals surface area contributed by atoms with Crippen molar-refractivity contribution in [2.24, 2.45) is 0 Å². The van der Waals surface area contributed by atoms with Gasteiger partial charge in [0.05, 0.1) is 19.1 Å². The Bertz CT molecular complexity index is 426. The Morgan fingerprint density at radius 3 is 3.00 bits per heavy atom. The van der Waals surface area contributed by atoms with Gasteiger partial charge in [-0.3, -0.25) is 10.1 Å². The van der Waals surface area contributed by atoms with Crippen molar-refractivity contribution in [1.82, 2.24) is 10.6 Å². The number of hydrogen-bond donors (Lipinski definition) is 2. The minimum atomic E-state index is -0.0623. The predicted octanol–water partition coefficient (Wildman–Crippen LogP) is 1.85. The van der Waals surface area contributed by atoms with Gasteiger partial charge in [0, 0.05) is 4.47 Å². The van der Waals surface area contributed by atoms with Crippen LogP contribution < -0.4 is 10.6 Å². The second kappa shape index (κ2) is 7.10. The fourth-order valence-corrected chi connectivity index (χ4v) is 1.82. The molecular weight excluding hydrogens is 280 g/mol. The van der Waals surface area contributed by atoms with Gasteiger partial charge in [0.15, 0.2) is 0 Å². The summed E-state index contributed by atoms with van der Waals surface area (Å²) in [6.07, 6.45) is 5.07. The van der Waals surface area contributed by atoms with Crippen LogP contribution in [0.2, 0.25) is 0 Å². The highest BCUT2D eigenvalue weighted by Gasteiger charge is 2.08. The van der Waals surface area contributed by atoms with Crippen LogP contribution in [0.1, 0.15) is 18.5 Å². The number of terminal acetylenes is 1. The fraction of sp³-hybridized carbons (Fsp3) is 0.308. The highest BCUT2D eigenvalue weighted by atomic mass is 79.9. The summed E-state index contributed by atoms with van der Waals surface area (Å²) in [6, 6.07) is 7.84. The number of halogens is 1. The topological polar surface area (TPSA) is 41.1 Å². The monoisotopic (exact) mass is 294 g/mol. The summed E-state index contributed by atoms with van der Waals surface area (Å²) < 4.78 is 1.00. The summed E-state index contributed by atoms with van der Waals surface area (Å²) in [7, 11) is 0. The zero-order valence-corrected chi connectivity index (χ0v) is 11.3. The molecule has 1 aromatic rings. The lowest BCUT2D eigenvalue weighted by molar-refractivity contribution is -0.120. The lowest BCUT2D eigenvalue weighted by atomic mass is 10.1. The van der Waals surface area contributed by atoms with Crippen LogP contribution in [0.3, 0.4) is 0 Å². The van der Waals surface area contributed by atoms with Gasteiger partial charge < -0.3 is 5.32 Å². The number of hydrogen-bond acceptors (Lipinski definition) is 2. The molecule has 0 saturated heterocycles. The first-order valence-corrected chi connectivity index (χ1v) is 6.12. The van der Waals surface area contributed by atoms with Gasteiger partial charge in [-0.25, -0.2) is 0 Å². The molecule has 2 N–H and O–H groups in total. The van der Waals surface area contributed by atoms with E-state index in [2.05, 4.69) is 32.5 Å². The molecule has 0 aromatic heterocycles. The molecule has 0 radical (unpaired) electrons. The van der Waals surface area contributed by atoms with Gasteiger partial charge in [0.1, 0.15) is 0 Å². The van der Waals surface area contributed by atoms with Gasteiger partial charge in [-0.1, -0.05) is 34.0 Å². The van der Waals surface area contributed by atoms with E-state index >= 15 is 0 Å². The van der Waals surface area contributed by atoms with Crippen LogP contribution in [0, 0.1) is 12.3 Å². The molecule has 17 heavy (non-hydrogen) atoms. The SMILES string of the molecule is C#CCNCC(=O)N[C@@H](C)c1cccc(Br)c1. The predicted molar refractivity (Wildman–Crippen MR) is 72.4 cm³/mol. The van der Waals surface area contributed by atoms with Gasteiger partial charge in [-0.05, 0) is 24.6 Å². The fourth-order valence-electron chi connectivity index (χ4n) is 1.40. The standard InChI is InChI=1S/C13H15BrN2O/c1-3-7-15-9-13(17)16-10(2)11-5-4-6-12(14)8-11/h1,4-6,8,10,15H,7,9H2,2H3,(H,16,17)/t10-/m0/s1. The van der Waals surface area contributed by atoms with Gasteiger partial charge in [-0.15, -0.1) is 6.42 Å². The van der Waals surface area contributed by atoms with Crippen molar-refractivity contribution in [3.63, 3.8) is 0 Å². The van der Waals surface area contributed by atoms with E-state index in [-0.39, 0.29) is 18.5 Å². The maximum absolute atomic E-state index is 11.5. The van der Waals surface area contributed by atoms with Crippen molar-refractivity contribution in [3.8, 4) is 12.3 Å². The molecule has 4 heteroatoms. The van der Waals surface area contributed by atoms with Crippen LogP contribution in [-0.2, 0) is 4.79 Å². The highest BCUT2D eigenvalue weighted by molar-refractivity contribution is 9.10.